The average molecular weight is 366 g/mol. The molecule has 0 amide bonds. The SMILES string of the molecule is [C-]#[N+]c1ccc(OC)cc1.[Cl][Au]. The number of benzene rings is 1. The molecule has 0 saturated heterocycles. The van der Waals surface area contributed by atoms with Gasteiger partial charge in [-0.1, -0.05) is 12.1 Å². The molecule has 1 aromatic carbocycles. The summed E-state index contributed by atoms with van der Waals surface area (Å²) in [5, 5.41) is 0. The van der Waals surface area contributed by atoms with Gasteiger partial charge in [0.2, 0.25) is 0 Å². The summed E-state index contributed by atoms with van der Waals surface area (Å²) in [6, 6.07) is 7.00. The van der Waals surface area contributed by atoms with Crippen LogP contribution in [0.1, 0.15) is 0 Å². The summed E-state index contributed by atoms with van der Waals surface area (Å²) >= 11 is 1.75. The Morgan fingerprint density at radius 2 is 1.83 bits per heavy atom. The summed E-state index contributed by atoms with van der Waals surface area (Å²) in [4.78, 5) is 3.24. The van der Waals surface area contributed by atoms with Crippen molar-refractivity contribution in [1.29, 1.82) is 0 Å². The Labute approximate surface area is 88.1 Å². The summed E-state index contributed by atoms with van der Waals surface area (Å²) < 4.78 is 4.91. The number of rotatable bonds is 1. The molecule has 0 aliphatic rings. The van der Waals surface area contributed by atoms with Crippen LogP contribution in [-0.4, -0.2) is 7.11 Å². The number of hydrogen-bond donors (Lipinski definition) is 0. The molecular weight excluding hydrogens is 359 g/mol. The second-order valence-corrected chi connectivity index (χ2v) is 1.81. The fraction of sp³-hybridized carbons (Fsp3) is 0.125. The molecular formula is C8H7AuClNO. The van der Waals surface area contributed by atoms with Gasteiger partial charge in [0.15, 0.2) is 5.69 Å². The Morgan fingerprint density at radius 1 is 1.33 bits per heavy atom. The Balaban J connectivity index is 0.000000561. The molecule has 0 atom stereocenters. The molecule has 0 radical (unpaired) electrons. The summed E-state index contributed by atoms with van der Waals surface area (Å²) in [6.45, 7) is 6.66. The molecule has 1 aromatic rings. The van der Waals surface area contributed by atoms with Gasteiger partial charge in [-0.05, 0) is 12.1 Å². The van der Waals surface area contributed by atoms with Gasteiger partial charge < -0.3 is 4.74 Å². The third-order valence-electron chi connectivity index (χ3n) is 1.20. The van der Waals surface area contributed by atoms with Crippen LogP contribution in [0.2, 0.25) is 0 Å². The van der Waals surface area contributed by atoms with Gasteiger partial charge >= 0.3 is 29.2 Å². The van der Waals surface area contributed by atoms with Crippen molar-refractivity contribution in [1.82, 2.24) is 0 Å². The van der Waals surface area contributed by atoms with Crippen molar-refractivity contribution < 1.29 is 24.7 Å². The zero-order chi connectivity index (χ0) is 9.40. The molecule has 0 aliphatic carbocycles. The molecule has 0 aromatic heterocycles. The van der Waals surface area contributed by atoms with E-state index < -0.39 is 0 Å². The van der Waals surface area contributed by atoms with Gasteiger partial charge in [0.25, 0.3) is 0 Å². The molecule has 0 aliphatic heterocycles. The first-order valence-corrected chi connectivity index (χ1v) is 5.68. The van der Waals surface area contributed by atoms with E-state index >= 15 is 0 Å². The molecule has 68 valence electrons. The van der Waals surface area contributed by atoms with Crippen LogP contribution in [0.25, 0.3) is 4.85 Å². The first kappa shape index (κ1) is 11.5. The van der Waals surface area contributed by atoms with Crippen LogP contribution in [0.15, 0.2) is 24.3 Å². The van der Waals surface area contributed by atoms with E-state index in [1.54, 1.807) is 51.4 Å². The normalized spacial score (nSPS) is 7.58. The van der Waals surface area contributed by atoms with Crippen molar-refractivity contribution >= 4 is 14.9 Å². The predicted octanol–water partition coefficient (Wildman–Crippen LogP) is 2.93. The third kappa shape index (κ3) is 3.80. The molecule has 2 nitrogen and oxygen atoms in total. The molecule has 1 rings (SSSR count). The monoisotopic (exact) mass is 365 g/mol. The fourth-order valence-corrected chi connectivity index (χ4v) is 0.657. The van der Waals surface area contributed by atoms with Gasteiger partial charge in [0.1, 0.15) is 5.75 Å². The first-order chi connectivity index (χ1) is 5.86. The van der Waals surface area contributed by atoms with Gasteiger partial charge in [0, 0.05) is 0 Å². The maximum atomic E-state index is 6.66. The van der Waals surface area contributed by atoms with E-state index in [2.05, 4.69) is 14.0 Å². The summed E-state index contributed by atoms with van der Waals surface area (Å²) in [5.74, 6) is 0.785. The fourth-order valence-electron chi connectivity index (χ4n) is 0.657. The number of ether oxygens (including phenoxy) is 1. The van der Waals surface area contributed by atoms with E-state index in [-0.39, 0.29) is 0 Å². The first-order valence-electron chi connectivity index (χ1n) is 2.99. The zero-order valence-electron chi connectivity index (χ0n) is 6.34. The quantitative estimate of drug-likeness (QED) is 0.551. The summed E-state index contributed by atoms with van der Waals surface area (Å²) in [7, 11) is 6.19. The van der Waals surface area contributed by atoms with Crippen molar-refractivity contribution in [3.63, 3.8) is 0 Å². The van der Waals surface area contributed by atoms with E-state index in [1.165, 1.54) is 0 Å². The molecule has 0 fully saturated rings. The minimum absolute atomic E-state index is 0.640. The summed E-state index contributed by atoms with van der Waals surface area (Å²) in [6.07, 6.45) is 0. The van der Waals surface area contributed by atoms with Gasteiger partial charge in [-0.2, -0.15) is 0 Å². The predicted molar refractivity (Wildman–Crippen MR) is 45.1 cm³/mol. The second-order valence-electron chi connectivity index (χ2n) is 1.81. The van der Waals surface area contributed by atoms with Crippen molar-refractivity contribution in [2.75, 3.05) is 7.11 Å². The third-order valence-corrected chi connectivity index (χ3v) is 1.20. The van der Waals surface area contributed by atoms with E-state index in [0.29, 0.717) is 5.69 Å². The second kappa shape index (κ2) is 7.20. The van der Waals surface area contributed by atoms with Crippen molar-refractivity contribution in [3.05, 3.63) is 35.7 Å². The van der Waals surface area contributed by atoms with Crippen LogP contribution in [0, 0.1) is 6.57 Å². The average Bonchev–Trinajstić information content (AvgIpc) is 2.21. The number of halogens is 1. The van der Waals surface area contributed by atoms with E-state index in [0.717, 1.165) is 5.75 Å². The zero-order valence-corrected chi connectivity index (χ0v) is 9.27. The standard InChI is InChI=1S/C8H7NO.Au.ClH/c1-9-7-3-5-8(10-2)6-4-7;;/h3-6H,2H3;;1H/q;+1;/p-1. The van der Waals surface area contributed by atoms with Crippen molar-refractivity contribution in [3.8, 4) is 5.75 Å². The molecule has 0 bridgehead atoms. The van der Waals surface area contributed by atoms with Gasteiger partial charge in [0.05, 0.1) is 13.7 Å². The minimum atomic E-state index is 0.640. The Kier molecular flexibility index (Phi) is 6.93. The van der Waals surface area contributed by atoms with Crippen molar-refractivity contribution in [2.45, 2.75) is 0 Å². The van der Waals surface area contributed by atoms with E-state index in [4.69, 9.17) is 11.3 Å². The van der Waals surface area contributed by atoms with E-state index in [9.17, 15) is 0 Å². The number of nitrogens with zero attached hydrogens (tertiary/aromatic N) is 1. The van der Waals surface area contributed by atoms with Crippen LogP contribution < -0.4 is 4.74 Å². The molecule has 0 spiro atoms. The number of hydrogen-bond acceptors (Lipinski definition) is 1. The maximum absolute atomic E-state index is 6.66. The molecule has 0 heterocycles. The van der Waals surface area contributed by atoms with Crippen LogP contribution in [0.3, 0.4) is 0 Å². The Bertz CT molecular complexity index is 255. The molecule has 0 saturated carbocycles. The van der Waals surface area contributed by atoms with Gasteiger partial charge in [-0.15, -0.1) is 0 Å². The van der Waals surface area contributed by atoms with Crippen molar-refractivity contribution in [2.24, 2.45) is 0 Å². The molecule has 0 N–H and O–H groups in total. The molecule has 0 unspecified atom stereocenters. The number of methoxy groups -OCH3 is 1. The molecule has 4 heteroatoms. The van der Waals surface area contributed by atoms with Crippen LogP contribution >= 0.6 is 9.19 Å². The molecule has 12 heavy (non-hydrogen) atoms. The Hall–Kier alpha value is -0.460. The van der Waals surface area contributed by atoms with Crippen LogP contribution in [0.5, 0.6) is 5.75 Å². The van der Waals surface area contributed by atoms with Gasteiger partial charge in [-0.25, -0.2) is 4.85 Å². The van der Waals surface area contributed by atoms with E-state index in [1.807, 2.05) is 0 Å². The van der Waals surface area contributed by atoms with Gasteiger partial charge in [-0.3, -0.25) is 0 Å². The van der Waals surface area contributed by atoms with Crippen LogP contribution in [-0.2, 0) is 20.0 Å². The van der Waals surface area contributed by atoms with Crippen LogP contribution in [0.4, 0.5) is 5.69 Å². The summed E-state index contributed by atoms with van der Waals surface area (Å²) in [5.41, 5.74) is 0.640. The Morgan fingerprint density at radius 3 is 2.17 bits per heavy atom. The topological polar surface area (TPSA) is 13.6 Å².